The monoisotopic (exact) mass is 242 g/mol. The summed E-state index contributed by atoms with van der Waals surface area (Å²) in [7, 11) is 0. The van der Waals surface area contributed by atoms with Gasteiger partial charge in [0.1, 0.15) is 0 Å². The molecule has 0 aliphatic carbocycles. The second-order valence-electron chi connectivity index (χ2n) is 3.44. The number of aryl methyl sites for hydroxylation is 1. The highest BCUT2D eigenvalue weighted by molar-refractivity contribution is 7.99. The third-order valence-corrected chi connectivity index (χ3v) is 3.65. The van der Waals surface area contributed by atoms with Crippen molar-refractivity contribution in [3.8, 4) is 0 Å². The zero-order valence-electron chi connectivity index (χ0n) is 9.05. The summed E-state index contributed by atoms with van der Waals surface area (Å²) in [6.07, 6.45) is 1.11. The van der Waals surface area contributed by atoms with E-state index in [-0.39, 0.29) is 5.78 Å². The van der Waals surface area contributed by atoms with E-state index in [9.17, 15) is 4.79 Å². The van der Waals surface area contributed by atoms with Gasteiger partial charge in [0.05, 0.1) is 5.75 Å². The molecule has 0 saturated carbocycles. The van der Waals surface area contributed by atoms with E-state index in [1.807, 2.05) is 13.0 Å². The number of carbonyl (C=O) groups is 1. The molecule has 0 heterocycles. The summed E-state index contributed by atoms with van der Waals surface area (Å²) < 4.78 is 0. The van der Waals surface area contributed by atoms with Gasteiger partial charge in [-0.25, -0.2) is 0 Å². The maximum atomic E-state index is 11.7. The zero-order chi connectivity index (χ0) is 11.3. The Morgan fingerprint density at radius 1 is 1.47 bits per heavy atom. The Morgan fingerprint density at radius 2 is 2.20 bits per heavy atom. The van der Waals surface area contributed by atoms with Crippen molar-refractivity contribution in [1.82, 2.24) is 0 Å². The molecular formula is C12H15ClOS. The number of ketones is 1. The van der Waals surface area contributed by atoms with E-state index < -0.39 is 0 Å². The van der Waals surface area contributed by atoms with E-state index in [0.717, 1.165) is 23.3 Å². The van der Waals surface area contributed by atoms with Crippen LogP contribution >= 0.6 is 23.4 Å². The van der Waals surface area contributed by atoms with E-state index in [1.165, 1.54) is 0 Å². The number of halogens is 1. The van der Waals surface area contributed by atoms with Crippen LogP contribution in [0.4, 0.5) is 0 Å². The average Bonchev–Trinajstić information content (AvgIpc) is 2.22. The third kappa shape index (κ3) is 3.88. The smallest absolute Gasteiger partial charge is 0.172 e. The van der Waals surface area contributed by atoms with Crippen molar-refractivity contribution in [3.05, 3.63) is 34.3 Å². The van der Waals surface area contributed by atoms with Gasteiger partial charge in [0, 0.05) is 10.6 Å². The van der Waals surface area contributed by atoms with Gasteiger partial charge in [0.25, 0.3) is 0 Å². The fraction of sp³-hybridized carbons (Fsp3) is 0.417. The second kappa shape index (κ2) is 6.19. The summed E-state index contributed by atoms with van der Waals surface area (Å²) in [5.41, 5.74) is 1.73. The molecule has 0 fully saturated rings. The molecule has 0 unspecified atom stereocenters. The van der Waals surface area contributed by atoms with Crippen LogP contribution in [0, 0.1) is 6.92 Å². The van der Waals surface area contributed by atoms with Gasteiger partial charge in [0.15, 0.2) is 5.78 Å². The maximum absolute atomic E-state index is 11.7. The lowest BCUT2D eigenvalue weighted by atomic mass is 10.1. The topological polar surface area (TPSA) is 17.1 Å². The molecule has 0 bridgehead atoms. The quantitative estimate of drug-likeness (QED) is 0.574. The van der Waals surface area contributed by atoms with Gasteiger partial charge in [-0.2, -0.15) is 11.8 Å². The number of hydrogen-bond donors (Lipinski definition) is 0. The minimum absolute atomic E-state index is 0.188. The molecule has 1 aromatic carbocycles. The number of hydrogen-bond acceptors (Lipinski definition) is 2. The summed E-state index contributed by atoms with van der Waals surface area (Å²) in [6, 6.07) is 5.44. The fourth-order valence-electron chi connectivity index (χ4n) is 1.21. The number of thioether (sulfide) groups is 1. The SMILES string of the molecule is CCCSCC(=O)c1ccc(Cl)c(C)c1. The Bertz CT molecular complexity index is 349. The van der Waals surface area contributed by atoms with Crippen LogP contribution in [0.3, 0.4) is 0 Å². The molecule has 1 aromatic rings. The minimum Gasteiger partial charge on any atom is -0.293 e. The van der Waals surface area contributed by atoms with Crippen LogP contribution in [-0.4, -0.2) is 17.3 Å². The first-order valence-electron chi connectivity index (χ1n) is 5.02. The normalized spacial score (nSPS) is 10.3. The molecule has 0 aliphatic rings. The molecule has 0 amide bonds. The van der Waals surface area contributed by atoms with E-state index in [2.05, 4.69) is 6.92 Å². The second-order valence-corrected chi connectivity index (χ2v) is 4.95. The van der Waals surface area contributed by atoms with Crippen molar-refractivity contribution >= 4 is 29.1 Å². The van der Waals surface area contributed by atoms with Gasteiger partial charge in [-0.05, 0) is 42.9 Å². The van der Waals surface area contributed by atoms with Gasteiger partial charge >= 0.3 is 0 Å². The summed E-state index contributed by atoms with van der Waals surface area (Å²) in [5, 5.41) is 0.716. The molecule has 0 atom stereocenters. The largest absolute Gasteiger partial charge is 0.293 e. The molecule has 0 spiro atoms. The molecule has 0 N–H and O–H groups in total. The van der Waals surface area contributed by atoms with E-state index in [4.69, 9.17) is 11.6 Å². The Morgan fingerprint density at radius 3 is 2.80 bits per heavy atom. The van der Waals surface area contributed by atoms with E-state index >= 15 is 0 Å². The number of benzene rings is 1. The predicted octanol–water partition coefficient (Wildman–Crippen LogP) is 3.97. The summed E-state index contributed by atoms with van der Waals surface area (Å²) in [4.78, 5) is 11.7. The molecule has 3 heteroatoms. The highest BCUT2D eigenvalue weighted by Crippen LogP contribution is 2.17. The molecule has 1 nitrogen and oxygen atoms in total. The third-order valence-electron chi connectivity index (χ3n) is 2.06. The van der Waals surface area contributed by atoms with Crippen molar-refractivity contribution in [2.45, 2.75) is 20.3 Å². The Hall–Kier alpha value is -0.470. The summed E-state index contributed by atoms with van der Waals surface area (Å²) >= 11 is 7.58. The van der Waals surface area contributed by atoms with Crippen LogP contribution in [-0.2, 0) is 0 Å². The van der Waals surface area contributed by atoms with Gasteiger partial charge in [-0.1, -0.05) is 18.5 Å². The summed E-state index contributed by atoms with van der Waals surface area (Å²) in [6.45, 7) is 4.03. The van der Waals surface area contributed by atoms with Gasteiger partial charge in [-0.15, -0.1) is 0 Å². The molecule has 0 aliphatic heterocycles. The van der Waals surface area contributed by atoms with Crippen LogP contribution in [0.25, 0.3) is 0 Å². The molecule has 0 saturated heterocycles. The lowest BCUT2D eigenvalue weighted by Gasteiger charge is -2.03. The van der Waals surface area contributed by atoms with Crippen LogP contribution in [0.2, 0.25) is 5.02 Å². The van der Waals surface area contributed by atoms with Crippen molar-refractivity contribution in [2.75, 3.05) is 11.5 Å². The Labute approximate surface area is 100 Å². The van der Waals surface area contributed by atoms with Crippen molar-refractivity contribution in [3.63, 3.8) is 0 Å². The van der Waals surface area contributed by atoms with Crippen LogP contribution in [0.15, 0.2) is 18.2 Å². The Kier molecular flexibility index (Phi) is 5.20. The highest BCUT2D eigenvalue weighted by atomic mass is 35.5. The van der Waals surface area contributed by atoms with Crippen LogP contribution in [0.1, 0.15) is 29.3 Å². The molecule has 82 valence electrons. The molecule has 0 aromatic heterocycles. The number of rotatable bonds is 5. The fourth-order valence-corrected chi connectivity index (χ4v) is 2.11. The first-order valence-corrected chi connectivity index (χ1v) is 6.55. The van der Waals surface area contributed by atoms with Crippen molar-refractivity contribution in [1.29, 1.82) is 0 Å². The molecule has 15 heavy (non-hydrogen) atoms. The van der Waals surface area contributed by atoms with E-state index in [0.29, 0.717) is 10.8 Å². The zero-order valence-corrected chi connectivity index (χ0v) is 10.6. The first kappa shape index (κ1) is 12.6. The number of Topliss-reactive ketones (excluding diaryl/α,β-unsaturated/α-hetero) is 1. The molecule has 0 radical (unpaired) electrons. The van der Waals surface area contributed by atoms with Gasteiger partial charge in [-0.3, -0.25) is 4.79 Å². The standard InChI is InChI=1S/C12H15ClOS/c1-3-6-15-8-12(14)10-4-5-11(13)9(2)7-10/h4-5,7H,3,6,8H2,1-2H3. The lowest BCUT2D eigenvalue weighted by Crippen LogP contribution is -2.03. The lowest BCUT2D eigenvalue weighted by molar-refractivity contribution is 0.102. The van der Waals surface area contributed by atoms with Crippen LogP contribution < -0.4 is 0 Å². The molecule has 1 rings (SSSR count). The van der Waals surface area contributed by atoms with Gasteiger partial charge in [0.2, 0.25) is 0 Å². The van der Waals surface area contributed by atoms with E-state index in [1.54, 1.807) is 23.9 Å². The molecular weight excluding hydrogens is 228 g/mol. The van der Waals surface area contributed by atoms with Gasteiger partial charge < -0.3 is 0 Å². The summed E-state index contributed by atoms with van der Waals surface area (Å²) in [5.74, 6) is 1.79. The maximum Gasteiger partial charge on any atom is 0.172 e. The number of carbonyl (C=O) groups excluding carboxylic acids is 1. The first-order chi connectivity index (χ1) is 7.15. The Balaban J connectivity index is 2.62. The van der Waals surface area contributed by atoms with Crippen molar-refractivity contribution in [2.24, 2.45) is 0 Å². The minimum atomic E-state index is 0.188. The van der Waals surface area contributed by atoms with Crippen LogP contribution in [0.5, 0.6) is 0 Å². The van der Waals surface area contributed by atoms with Crippen molar-refractivity contribution < 1.29 is 4.79 Å². The highest BCUT2D eigenvalue weighted by Gasteiger charge is 2.06. The average molecular weight is 243 g/mol. The predicted molar refractivity (Wildman–Crippen MR) is 68.1 cm³/mol.